The van der Waals surface area contributed by atoms with Crippen LogP contribution in [-0.2, 0) is 11.5 Å². The normalized spacial score (nSPS) is 11.1. The van der Waals surface area contributed by atoms with Crippen molar-refractivity contribution in [2.45, 2.75) is 18.4 Å². The zero-order valence-corrected chi connectivity index (χ0v) is 14.8. The largest absolute Gasteiger partial charge is 0.269 e. The van der Waals surface area contributed by atoms with Crippen molar-refractivity contribution in [3.05, 3.63) is 80.1 Å². The van der Waals surface area contributed by atoms with E-state index in [0.29, 0.717) is 28.4 Å². The van der Waals surface area contributed by atoms with Crippen LogP contribution in [0.25, 0.3) is 5.65 Å². The lowest BCUT2D eigenvalue weighted by Gasteiger charge is -2.06. The number of hydrogen-bond donors (Lipinski definition) is 0. The molecular weight excluding hydrogens is 379 g/mol. The smallest absolute Gasteiger partial charge is 0.258 e. The van der Waals surface area contributed by atoms with E-state index in [2.05, 4.69) is 20.9 Å². The fourth-order valence-electron chi connectivity index (χ4n) is 2.24. The van der Waals surface area contributed by atoms with Gasteiger partial charge in [-0.2, -0.15) is 11.8 Å². The van der Waals surface area contributed by atoms with Crippen molar-refractivity contribution in [3.8, 4) is 0 Å². The fraction of sp³-hybridized carbons (Fsp3) is 0.176. The Morgan fingerprint density at radius 2 is 2.04 bits per heavy atom. The second-order valence-electron chi connectivity index (χ2n) is 5.25. The van der Waals surface area contributed by atoms with Crippen molar-refractivity contribution in [2.24, 2.45) is 0 Å². The molecule has 3 rings (SSSR count). The number of benzene rings is 1. The van der Waals surface area contributed by atoms with E-state index in [1.807, 2.05) is 25.1 Å². The maximum atomic E-state index is 13.8. The van der Waals surface area contributed by atoms with Gasteiger partial charge < -0.3 is 0 Å². The molecule has 0 spiro atoms. The van der Waals surface area contributed by atoms with Gasteiger partial charge in [-0.15, -0.1) is 0 Å². The number of fused-ring (bicyclic) bond motifs is 1. The van der Waals surface area contributed by atoms with E-state index >= 15 is 0 Å². The number of halogens is 2. The molecule has 3 nitrogen and oxygen atoms in total. The molecule has 3 aromatic rings. The van der Waals surface area contributed by atoms with E-state index in [9.17, 15) is 9.18 Å². The first-order valence-electron chi connectivity index (χ1n) is 7.03. The number of thioether (sulfide) groups is 1. The first kappa shape index (κ1) is 16.2. The Balaban J connectivity index is 1.74. The van der Waals surface area contributed by atoms with Crippen LogP contribution >= 0.6 is 27.7 Å². The van der Waals surface area contributed by atoms with Crippen LogP contribution in [0, 0.1) is 12.7 Å². The lowest BCUT2D eigenvalue weighted by atomic mass is 10.2. The highest BCUT2D eigenvalue weighted by atomic mass is 79.9. The SMILES string of the molecule is Cc1ccc2nc(CSCc3ccc(Br)cc3F)cc(=O)n2c1. The fourth-order valence-corrected chi connectivity index (χ4v) is 3.48. The zero-order chi connectivity index (χ0) is 16.4. The van der Waals surface area contributed by atoms with Gasteiger partial charge in [0, 0.05) is 28.2 Å². The van der Waals surface area contributed by atoms with Gasteiger partial charge in [-0.05, 0) is 36.2 Å². The van der Waals surface area contributed by atoms with Crippen LogP contribution in [0.1, 0.15) is 16.8 Å². The van der Waals surface area contributed by atoms with Crippen molar-refractivity contribution in [3.63, 3.8) is 0 Å². The van der Waals surface area contributed by atoms with Gasteiger partial charge in [0.1, 0.15) is 11.5 Å². The summed E-state index contributed by atoms with van der Waals surface area (Å²) in [7, 11) is 0. The summed E-state index contributed by atoms with van der Waals surface area (Å²) in [6.07, 6.45) is 1.78. The minimum absolute atomic E-state index is 0.0934. The van der Waals surface area contributed by atoms with Crippen LogP contribution in [0.2, 0.25) is 0 Å². The van der Waals surface area contributed by atoms with Gasteiger partial charge >= 0.3 is 0 Å². The molecule has 0 aliphatic heterocycles. The minimum Gasteiger partial charge on any atom is -0.269 e. The Bertz CT molecular complexity index is 926. The van der Waals surface area contributed by atoms with Crippen LogP contribution < -0.4 is 5.56 Å². The predicted octanol–water partition coefficient (Wildman–Crippen LogP) is 4.34. The molecule has 0 unspecified atom stereocenters. The Morgan fingerprint density at radius 1 is 1.22 bits per heavy atom. The lowest BCUT2D eigenvalue weighted by Crippen LogP contribution is -2.15. The first-order valence-corrected chi connectivity index (χ1v) is 8.98. The second kappa shape index (κ2) is 6.84. The molecule has 1 aromatic carbocycles. The molecule has 0 aliphatic carbocycles. The molecule has 0 bridgehead atoms. The predicted molar refractivity (Wildman–Crippen MR) is 95.3 cm³/mol. The molecule has 0 radical (unpaired) electrons. The first-order chi connectivity index (χ1) is 11.0. The Labute approximate surface area is 145 Å². The highest BCUT2D eigenvalue weighted by molar-refractivity contribution is 9.10. The van der Waals surface area contributed by atoms with E-state index in [1.54, 1.807) is 12.3 Å². The number of hydrogen-bond acceptors (Lipinski definition) is 3. The van der Waals surface area contributed by atoms with E-state index in [-0.39, 0.29) is 11.4 Å². The van der Waals surface area contributed by atoms with Gasteiger partial charge in [0.05, 0.1) is 5.69 Å². The molecule has 0 aliphatic rings. The van der Waals surface area contributed by atoms with Crippen molar-refractivity contribution in [1.29, 1.82) is 0 Å². The third kappa shape index (κ3) is 3.82. The Morgan fingerprint density at radius 3 is 2.83 bits per heavy atom. The summed E-state index contributed by atoms with van der Waals surface area (Å²) in [6, 6.07) is 10.3. The molecule has 0 saturated carbocycles. The Kier molecular flexibility index (Phi) is 4.82. The summed E-state index contributed by atoms with van der Waals surface area (Å²) in [6.45, 7) is 1.93. The topological polar surface area (TPSA) is 34.4 Å². The average Bonchev–Trinajstić information content (AvgIpc) is 2.50. The van der Waals surface area contributed by atoms with E-state index in [0.717, 1.165) is 10.0 Å². The van der Waals surface area contributed by atoms with E-state index in [1.165, 1.54) is 28.3 Å². The van der Waals surface area contributed by atoms with Crippen LogP contribution in [-0.4, -0.2) is 9.38 Å². The molecule has 0 atom stereocenters. The summed E-state index contributed by atoms with van der Waals surface area (Å²) in [4.78, 5) is 16.6. The minimum atomic E-state index is -0.228. The maximum absolute atomic E-state index is 13.8. The summed E-state index contributed by atoms with van der Waals surface area (Å²) in [5.41, 5.74) is 2.90. The van der Waals surface area contributed by atoms with Crippen LogP contribution in [0.5, 0.6) is 0 Å². The molecule has 0 saturated heterocycles. The lowest BCUT2D eigenvalue weighted by molar-refractivity contribution is 0.616. The maximum Gasteiger partial charge on any atom is 0.258 e. The molecule has 0 fully saturated rings. The average molecular weight is 393 g/mol. The number of rotatable bonds is 4. The molecule has 0 amide bonds. The van der Waals surface area contributed by atoms with Crippen molar-refractivity contribution < 1.29 is 4.39 Å². The van der Waals surface area contributed by atoms with E-state index < -0.39 is 0 Å². The van der Waals surface area contributed by atoms with Crippen molar-refractivity contribution in [1.82, 2.24) is 9.38 Å². The van der Waals surface area contributed by atoms with Crippen LogP contribution in [0.4, 0.5) is 4.39 Å². The summed E-state index contributed by atoms with van der Waals surface area (Å²) in [5, 5.41) is 0. The highest BCUT2D eigenvalue weighted by Crippen LogP contribution is 2.21. The zero-order valence-electron chi connectivity index (χ0n) is 12.4. The van der Waals surface area contributed by atoms with Gasteiger partial charge in [0.2, 0.25) is 0 Å². The molecule has 0 N–H and O–H groups in total. The highest BCUT2D eigenvalue weighted by Gasteiger charge is 2.06. The van der Waals surface area contributed by atoms with E-state index in [4.69, 9.17) is 0 Å². The summed E-state index contributed by atoms with van der Waals surface area (Å²) in [5.74, 6) is 0.872. The number of aromatic nitrogens is 2. The van der Waals surface area contributed by atoms with Gasteiger partial charge in [-0.25, -0.2) is 9.37 Å². The summed E-state index contributed by atoms with van der Waals surface area (Å²) < 4.78 is 16.0. The monoisotopic (exact) mass is 392 g/mol. The van der Waals surface area contributed by atoms with Gasteiger partial charge in [-0.3, -0.25) is 9.20 Å². The van der Waals surface area contributed by atoms with Gasteiger partial charge in [-0.1, -0.05) is 28.1 Å². The molecule has 2 aromatic heterocycles. The Hall–Kier alpha value is -1.66. The third-order valence-corrected chi connectivity index (χ3v) is 4.89. The number of aryl methyl sites for hydroxylation is 1. The van der Waals surface area contributed by atoms with Crippen molar-refractivity contribution in [2.75, 3.05) is 0 Å². The van der Waals surface area contributed by atoms with Gasteiger partial charge in [0.15, 0.2) is 0 Å². The number of nitrogens with zero attached hydrogens (tertiary/aromatic N) is 2. The standard InChI is InChI=1S/C17H14BrFN2OS/c1-11-2-5-16-20-14(7-17(22)21(16)8-11)10-23-9-12-3-4-13(18)6-15(12)19/h2-8H,9-10H2,1H3. The van der Waals surface area contributed by atoms with Crippen LogP contribution in [0.15, 0.2) is 51.9 Å². The van der Waals surface area contributed by atoms with Gasteiger partial charge in [0.25, 0.3) is 5.56 Å². The molecule has 118 valence electrons. The third-order valence-electron chi connectivity index (χ3n) is 3.38. The second-order valence-corrected chi connectivity index (χ2v) is 7.15. The molecule has 2 heterocycles. The van der Waals surface area contributed by atoms with Crippen LogP contribution in [0.3, 0.4) is 0 Å². The molecular formula is C17H14BrFN2OS. The molecule has 23 heavy (non-hydrogen) atoms. The van der Waals surface area contributed by atoms with Crippen molar-refractivity contribution >= 4 is 33.3 Å². The molecule has 6 heteroatoms. The summed E-state index contributed by atoms with van der Waals surface area (Å²) >= 11 is 4.78. The number of pyridine rings is 1. The quantitative estimate of drug-likeness (QED) is 0.662.